The van der Waals surface area contributed by atoms with Crippen molar-refractivity contribution in [1.82, 2.24) is 15.0 Å². The van der Waals surface area contributed by atoms with Gasteiger partial charge in [0.1, 0.15) is 11.6 Å². The molecule has 0 aromatic carbocycles. The number of morpholine rings is 1. The van der Waals surface area contributed by atoms with Crippen molar-refractivity contribution in [3.63, 3.8) is 0 Å². The van der Waals surface area contributed by atoms with Crippen molar-refractivity contribution in [3.8, 4) is 0 Å². The fraction of sp³-hybridized carbons (Fsp3) is 0.526. The lowest BCUT2D eigenvalue weighted by Crippen LogP contribution is -2.46. The highest BCUT2D eigenvalue weighted by Crippen LogP contribution is 2.17. The van der Waals surface area contributed by atoms with Crippen molar-refractivity contribution in [2.75, 3.05) is 32.1 Å². The van der Waals surface area contributed by atoms with Gasteiger partial charge in [0.25, 0.3) is 0 Å². The maximum absolute atomic E-state index is 12.7. The highest BCUT2D eigenvalue weighted by Gasteiger charge is 2.25. The Morgan fingerprint density at radius 2 is 2.27 bits per heavy atom. The van der Waals surface area contributed by atoms with Crippen LogP contribution in [0.1, 0.15) is 29.0 Å². The van der Waals surface area contributed by atoms with Crippen LogP contribution in [-0.4, -0.2) is 53.8 Å². The first-order valence-electron chi connectivity index (χ1n) is 9.00. The molecular weight excluding hydrogens is 332 g/mol. The minimum absolute atomic E-state index is 0.0589. The average Bonchev–Trinajstić information content (AvgIpc) is 2.98. The second kappa shape index (κ2) is 8.31. The molecule has 1 aliphatic heterocycles. The monoisotopic (exact) mass is 358 g/mol. The van der Waals surface area contributed by atoms with Gasteiger partial charge in [-0.05, 0) is 44.4 Å². The fourth-order valence-corrected chi connectivity index (χ4v) is 3.23. The van der Waals surface area contributed by atoms with Crippen molar-refractivity contribution in [2.45, 2.75) is 39.2 Å². The molecule has 0 spiro atoms. The predicted molar refractivity (Wildman–Crippen MR) is 98.1 cm³/mol. The Labute approximate surface area is 153 Å². The quantitative estimate of drug-likeness (QED) is 0.852. The summed E-state index contributed by atoms with van der Waals surface area (Å²) in [5.74, 6) is 1.69. The standard InChI is InChI=1S/C19H26N4O3/c1-13-17(14(2)26-22-13)11-19(24)23-8-9-25-16(12-23)5-4-15-6-7-21-18(10-15)20-3/h6-7,10,16H,4-5,8-9,11-12H2,1-3H3,(H,20,21). The van der Waals surface area contributed by atoms with Crippen LogP contribution in [0.2, 0.25) is 0 Å². The van der Waals surface area contributed by atoms with Crippen molar-refractivity contribution in [3.05, 3.63) is 40.9 Å². The van der Waals surface area contributed by atoms with Gasteiger partial charge in [-0.25, -0.2) is 4.98 Å². The molecule has 26 heavy (non-hydrogen) atoms. The third-order valence-electron chi connectivity index (χ3n) is 4.84. The molecule has 7 nitrogen and oxygen atoms in total. The molecule has 3 rings (SSSR count). The number of rotatable bonds is 6. The zero-order chi connectivity index (χ0) is 18.5. The van der Waals surface area contributed by atoms with Crippen LogP contribution in [-0.2, 0) is 22.4 Å². The second-order valence-corrected chi connectivity index (χ2v) is 6.65. The van der Waals surface area contributed by atoms with Crippen LogP contribution < -0.4 is 5.32 Å². The van der Waals surface area contributed by atoms with E-state index >= 15 is 0 Å². The fourth-order valence-electron chi connectivity index (χ4n) is 3.23. The molecule has 1 N–H and O–H groups in total. The predicted octanol–water partition coefficient (Wildman–Crippen LogP) is 2.13. The van der Waals surface area contributed by atoms with Crippen LogP contribution in [0.5, 0.6) is 0 Å². The molecule has 3 heterocycles. The van der Waals surface area contributed by atoms with Gasteiger partial charge in [0.05, 0.1) is 24.8 Å². The number of ether oxygens (including phenoxy) is 1. The summed E-state index contributed by atoms with van der Waals surface area (Å²) in [6, 6.07) is 4.06. The molecular formula is C19H26N4O3. The average molecular weight is 358 g/mol. The lowest BCUT2D eigenvalue weighted by Gasteiger charge is -2.33. The van der Waals surface area contributed by atoms with Crippen molar-refractivity contribution in [2.24, 2.45) is 0 Å². The number of nitrogens with one attached hydrogen (secondary N) is 1. The van der Waals surface area contributed by atoms with Crippen LogP contribution in [0, 0.1) is 13.8 Å². The van der Waals surface area contributed by atoms with Gasteiger partial charge in [0, 0.05) is 31.9 Å². The lowest BCUT2D eigenvalue weighted by molar-refractivity contribution is -0.138. The van der Waals surface area contributed by atoms with Crippen LogP contribution >= 0.6 is 0 Å². The van der Waals surface area contributed by atoms with Crippen molar-refractivity contribution in [1.29, 1.82) is 0 Å². The highest BCUT2D eigenvalue weighted by molar-refractivity contribution is 5.79. The number of anilines is 1. The van der Waals surface area contributed by atoms with Crippen LogP contribution in [0.25, 0.3) is 0 Å². The molecule has 0 bridgehead atoms. The number of pyridine rings is 1. The summed E-state index contributed by atoms with van der Waals surface area (Å²) in [5, 5.41) is 6.98. The Kier molecular flexibility index (Phi) is 5.88. The minimum atomic E-state index is 0.0589. The van der Waals surface area contributed by atoms with E-state index in [0.717, 1.165) is 35.7 Å². The molecule has 1 amide bonds. The number of hydrogen-bond donors (Lipinski definition) is 1. The maximum atomic E-state index is 12.7. The maximum Gasteiger partial charge on any atom is 0.227 e. The molecule has 1 atom stereocenters. The van der Waals surface area contributed by atoms with E-state index in [0.29, 0.717) is 26.1 Å². The van der Waals surface area contributed by atoms with E-state index in [1.807, 2.05) is 44.1 Å². The summed E-state index contributed by atoms with van der Waals surface area (Å²) in [5.41, 5.74) is 2.90. The summed E-state index contributed by atoms with van der Waals surface area (Å²) in [6.07, 6.45) is 3.98. The first-order valence-corrected chi connectivity index (χ1v) is 9.00. The van der Waals surface area contributed by atoms with Gasteiger partial charge in [-0.2, -0.15) is 0 Å². The number of aryl methyl sites for hydroxylation is 3. The Hall–Kier alpha value is -2.41. The first-order chi connectivity index (χ1) is 12.6. The first kappa shape index (κ1) is 18.4. The molecule has 2 aromatic rings. The van der Waals surface area contributed by atoms with E-state index in [-0.39, 0.29) is 12.0 Å². The Bertz CT molecular complexity index is 739. The molecule has 0 aliphatic carbocycles. The molecule has 2 aromatic heterocycles. The van der Waals surface area contributed by atoms with Crippen LogP contribution in [0.3, 0.4) is 0 Å². The molecule has 1 fully saturated rings. The number of nitrogens with zero attached hydrogens (tertiary/aromatic N) is 3. The van der Waals surface area contributed by atoms with E-state index in [2.05, 4.69) is 15.5 Å². The summed E-state index contributed by atoms with van der Waals surface area (Å²) in [7, 11) is 1.86. The molecule has 7 heteroatoms. The number of aromatic nitrogens is 2. The third kappa shape index (κ3) is 4.40. The van der Waals surface area contributed by atoms with E-state index in [9.17, 15) is 4.79 Å². The molecule has 1 aliphatic rings. The summed E-state index contributed by atoms with van der Waals surface area (Å²) >= 11 is 0. The molecule has 140 valence electrons. The van der Waals surface area contributed by atoms with Crippen molar-refractivity contribution >= 4 is 11.7 Å². The van der Waals surface area contributed by atoms with Gasteiger partial charge in [0.2, 0.25) is 5.91 Å². The molecule has 1 unspecified atom stereocenters. The number of amides is 1. The van der Waals surface area contributed by atoms with Gasteiger partial charge in [-0.1, -0.05) is 5.16 Å². The Morgan fingerprint density at radius 3 is 3.00 bits per heavy atom. The van der Waals surface area contributed by atoms with Gasteiger partial charge < -0.3 is 19.5 Å². The third-order valence-corrected chi connectivity index (χ3v) is 4.84. The Morgan fingerprint density at radius 1 is 1.42 bits per heavy atom. The van der Waals surface area contributed by atoms with Gasteiger partial charge in [-0.3, -0.25) is 4.79 Å². The number of carbonyl (C=O) groups excluding carboxylic acids is 1. The molecule has 1 saturated heterocycles. The van der Waals surface area contributed by atoms with E-state index in [1.54, 1.807) is 0 Å². The number of hydrogen-bond acceptors (Lipinski definition) is 6. The normalized spacial score (nSPS) is 17.3. The SMILES string of the molecule is CNc1cc(CCC2CN(C(=O)Cc3c(C)noc3C)CCO2)ccn1. The van der Waals surface area contributed by atoms with Crippen molar-refractivity contribution < 1.29 is 14.1 Å². The molecule has 0 saturated carbocycles. The van der Waals surface area contributed by atoms with Crippen LogP contribution in [0.4, 0.5) is 5.82 Å². The van der Waals surface area contributed by atoms with Crippen LogP contribution in [0.15, 0.2) is 22.9 Å². The van der Waals surface area contributed by atoms with E-state index in [4.69, 9.17) is 9.26 Å². The molecule has 0 radical (unpaired) electrons. The Balaban J connectivity index is 1.54. The summed E-state index contributed by atoms with van der Waals surface area (Å²) in [4.78, 5) is 18.8. The van der Waals surface area contributed by atoms with E-state index in [1.165, 1.54) is 5.56 Å². The largest absolute Gasteiger partial charge is 0.375 e. The topological polar surface area (TPSA) is 80.5 Å². The number of carbonyl (C=O) groups is 1. The lowest BCUT2D eigenvalue weighted by atomic mass is 10.1. The minimum Gasteiger partial charge on any atom is -0.375 e. The van der Waals surface area contributed by atoms with Gasteiger partial charge in [0.15, 0.2) is 0 Å². The zero-order valence-corrected chi connectivity index (χ0v) is 15.6. The summed E-state index contributed by atoms with van der Waals surface area (Å²) in [6.45, 7) is 5.56. The highest BCUT2D eigenvalue weighted by atomic mass is 16.5. The van der Waals surface area contributed by atoms with Gasteiger partial charge in [-0.15, -0.1) is 0 Å². The van der Waals surface area contributed by atoms with E-state index < -0.39 is 0 Å². The summed E-state index contributed by atoms with van der Waals surface area (Å²) < 4.78 is 11.0. The smallest absolute Gasteiger partial charge is 0.227 e. The van der Waals surface area contributed by atoms with Gasteiger partial charge >= 0.3 is 0 Å². The zero-order valence-electron chi connectivity index (χ0n) is 15.6. The second-order valence-electron chi connectivity index (χ2n) is 6.65.